The Balaban J connectivity index is 1.14. The van der Waals surface area contributed by atoms with Crippen molar-refractivity contribution in [2.24, 2.45) is 0 Å². The number of anilines is 3. The van der Waals surface area contributed by atoms with E-state index in [1.807, 2.05) is 24.3 Å². The summed E-state index contributed by atoms with van der Waals surface area (Å²) in [6.45, 7) is 12.4. The Morgan fingerprint density at radius 2 is 1.67 bits per heavy atom. The van der Waals surface area contributed by atoms with Gasteiger partial charge in [-0.2, -0.15) is 10.1 Å². The van der Waals surface area contributed by atoms with E-state index in [1.54, 1.807) is 6.33 Å². The van der Waals surface area contributed by atoms with Crippen molar-refractivity contribution in [1.29, 1.82) is 0 Å². The maximum Gasteiger partial charge on any atom is 0.300 e. The first-order valence-corrected chi connectivity index (χ1v) is 15.3. The Morgan fingerprint density at radius 3 is 2.40 bits per heavy atom. The summed E-state index contributed by atoms with van der Waals surface area (Å²) in [5.41, 5.74) is 13.8. The monoisotopic (exact) mass is 580 g/mol. The number of hydrogen-bond donors (Lipinski definition) is 2. The van der Waals surface area contributed by atoms with Gasteiger partial charge in [0.05, 0.1) is 24.6 Å². The minimum atomic E-state index is -0.0530. The minimum absolute atomic E-state index is 0.0530. The predicted molar refractivity (Wildman–Crippen MR) is 170 cm³/mol. The smallest absolute Gasteiger partial charge is 0.300 e. The fourth-order valence-electron chi connectivity index (χ4n) is 6.68. The molecule has 1 saturated heterocycles. The summed E-state index contributed by atoms with van der Waals surface area (Å²) < 4.78 is 13.9. The second kappa shape index (κ2) is 10.9. The van der Waals surface area contributed by atoms with E-state index >= 15 is 0 Å². The van der Waals surface area contributed by atoms with E-state index in [4.69, 9.17) is 25.0 Å². The van der Waals surface area contributed by atoms with Crippen molar-refractivity contribution in [1.82, 2.24) is 29.6 Å². The third-order valence-electron chi connectivity index (χ3n) is 8.94. The van der Waals surface area contributed by atoms with Gasteiger partial charge in [0.15, 0.2) is 11.2 Å². The highest BCUT2D eigenvalue weighted by Gasteiger charge is 2.30. The molecule has 0 atom stereocenters. The van der Waals surface area contributed by atoms with Gasteiger partial charge in [0.25, 0.3) is 6.01 Å². The van der Waals surface area contributed by atoms with Gasteiger partial charge in [-0.05, 0) is 61.8 Å². The second-order valence-electron chi connectivity index (χ2n) is 13.0. The van der Waals surface area contributed by atoms with Gasteiger partial charge in [-0.15, -0.1) is 0 Å². The molecule has 4 heterocycles. The van der Waals surface area contributed by atoms with E-state index in [-0.39, 0.29) is 11.5 Å². The Labute approximate surface area is 251 Å². The zero-order valence-electron chi connectivity index (χ0n) is 25.4. The maximum atomic E-state index is 6.42. The Hall–Kier alpha value is -4.02. The average Bonchev–Trinajstić information content (AvgIpc) is 3.59. The standard InChI is InChI=1S/C33H40N8O2/c1-20-17-25(33(2,3)4)29-26(18-20)38-32(43-29)37-22-7-5-21(6-8-22)28-27-30(34)35-19-36-31(27)41(39-28)24-11-9-23(10-12-24)40-13-15-42-16-14-40/h5-8,17-19,23-24H,9-16H2,1-4H3,(H,37,38)(H2,34,35,36). The quantitative estimate of drug-likeness (QED) is 0.244. The molecule has 0 radical (unpaired) electrons. The fraction of sp³-hybridized carbons (Fsp3) is 0.455. The van der Waals surface area contributed by atoms with Gasteiger partial charge in [0.2, 0.25) is 0 Å². The lowest BCUT2D eigenvalue weighted by molar-refractivity contribution is 0.00520. The summed E-state index contributed by atoms with van der Waals surface area (Å²) in [4.78, 5) is 16.3. The molecular formula is C33H40N8O2. The van der Waals surface area contributed by atoms with Crippen molar-refractivity contribution in [2.75, 3.05) is 37.4 Å². The number of nitrogens with one attached hydrogen (secondary N) is 1. The lowest BCUT2D eigenvalue weighted by Gasteiger charge is -2.38. The topological polar surface area (TPSA) is 120 Å². The molecule has 2 fully saturated rings. The predicted octanol–water partition coefficient (Wildman–Crippen LogP) is 6.38. The van der Waals surface area contributed by atoms with Crippen molar-refractivity contribution in [2.45, 2.75) is 70.9 Å². The fourth-order valence-corrected chi connectivity index (χ4v) is 6.68. The van der Waals surface area contributed by atoms with Gasteiger partial charge in [0, 0.05) is 35.9 Å². The summed E-state index contributed by atoms with van der Waals surface area (Å²) >= 11 is 0. The molecule has 1 aliphatic heterocycles. The number of benzene rings is 2. The van der Waals surface area contributed by atoms with Crippen LogP contribution >= 0.6 is 0 Å². The number of hydrogen-bond acceptors (Lipinski definition) is 9. The highest BCUT2D eigenvalue weighted by atomic mass is 16.5. The third-order valence-corrected chi connectivity index (χ3v) is 8.94. The zero-order valence-corrected chi connectivity index (χ0v) is 25.4. The molecular weight excluding hydrogens is 540 g/mol. The molecule has 3 aromatic heterocycles. The van der Waals surface area contributed by atoms with E-state index < -0.39 is 0 Å². The van der Waals surface area contributed by atoms with Crippen LogP contribution in [0.1, 0.15) is 63.6 Å². The van der Waals surface area contributed by atoms with Crippen LogP contribution in [0.3, 0.4) is 0 Å². The number of morpholine rings is 1. The van der Waals surface area contributed by atoms with E-state index in [1.165, 1.54) is 5.56 Å². The van der Waals surface area contributed by atoms with Gasteiger partial charge in [-0.25, -0.2) is 14.6 Å². The molecule has 2 aliphatic rings. The van der Waals surface area contributed by atoms with Gasteiger partial charge >= 0.3 is 0 Å². The van der Waals surface area contributed by atoms with Crippen LogP contribution in [0.25, 0.3) is 33.4 Å². The number of nitrogen functional groups attached to an aromatic ring is 1. The van der Waals surface area contributed by atoms with Crippen molar-refractivity contribution in [3.05, 3.63) is 53.9 Å². The molecule has 3 N–H and O–H groups in total. The van der Waals surface area contributed by atoms with Crippen LogP contribution in [-0.2, 0) is 10.2 Å². The summed E-state index contributed by atoms with van der Waals surface area (Å²) in [5.74, 6) is 0.451. The van der Waals surface area contributed by atoms with Crippen LogP contribution in [0.2, 0.25) is 0 Å². The molecule has 0 bridgehead atoms. The van der Waals surface area contributed by atoms with Crippen molar-refractivity contribution >= 4 is 39.7 Å². The molecule has 10 nitrogen and oxygen atoms in total. The lowest BCUT2D eigenvalue weighted by atomic mass is 9.85. The van der Waals surface area contributed by atoms with Crippen molar-refractivity contribution < 1.29 is 9.15 Å². The molecule has 0 unspecified atom stereocenters. The molecule has 5 aromatic rings. The van der Waals surface area contributed by atoms with E-state index in [9.17, 15) is 0 Å². The first-order chi connectivity index (χ1) is 20.7. The number of rotatable bonds is 5. The molecule has 0 spiro atoms. The number of aryl methyl sites for hydroxylation is 1. The van der Waals surface area contributed by atoms with E-state index in [2.05, 4.69) is 64.7 Å². The highest BCUT2D eigenvalue weighted by Crippen LogP contribution is 2.38. The maximum absolute atomic E-state index is 6.42. The Kier molecular flexibility index (Phi) is 7.05. The van der Waals surface area contributed by atoms with Crippen LogP contribution < -0.4 is 11.1 Å². The van der Waals surface area contributed by atoms with Gasteiger partial charge in [0.1, 0.15) is 23.4 Å². The third kappa shape index (κ3) is 5.34. The normalized spacial score (nSPS) is 20.2. The van der Waals surface area contributed by atoms with Gasteiger partial charge in [-0.3, -0.25) is 4.90 Å². The first kappa shape index (κ1) is 27.8. The molecule has 224 valence electrons. The van der Waals surface area contributed by atoms with Gasteiger partial charge < -0.3 is 20.2 Å². The summed E-state index contributed by atoms with van der Waals surface area (Å²) in [6, 6.07) is 13.7. The number of aromatic nitrogens is 5. The van der Waals surface area contributed by atoms with E-state index in [0.29, 0.717) is 17.9 Å². The highest BCUT2D eigenvalue weighted by molar-refractivity contribution is 5.98. The number of oxazole rings is 1. The number of ether oxygens (including phenoxy) is 1. The average molecular weight is 581 g/mol. The summed E-state index contributed by atoms with van der Waals surface area (Å²) in [7, 11) is 0. The number of nitrogens with zero attached hydrogens (tertiary/aromatic N) is 6. The van der Waals surface area contributed by atoms with Crippen molar-refractivity contribution in [3.8, 4) is 11.3 Å². The zero-order chi connectivity index (χ0) is 29.7. The lowest BCUT2D eigenvalue weighted by Crippen LogP contribution is -2.45. The second-order valence-corrected chi connectivity index (χ2v) is 13.0. The first-order valence-electron chi connectivity index (χ1n) is 15.3. The van der Waals surface area contributed by atoms with Crippen LogP contribution in [0, 0.1) is 6.92 Å². The summed E-state index contributed by atoms with van der Waals surface area (Å²) in [5, 5.41) is 9.26. The van der Waals surface area contributed by atoms with Crippen LogP contribution in [-0.4, -0.2) is 62.0 Å². The molecule has 0 amide bonds. The summed E-state index contributed by atoms with van der Waals surface area (Å²) in [6.07, 6.45) is 5.96. The van der Waals surface area contributed by atoms with Crippen molar-refractivity contribution in [3.63, 3.8) is 0 Å². The van der Waals surface area contributed by atoms with Crippen LogP contribution in [0.15, 0.2) is 47.1 Å². The molecule has 1 saturated carbocycles. The molecule has 1 aliphatic carbocycles. The number of fused-ring (bicyclic) bond motifs is 2. The number of nitrogens with two attached hydrogens (primary N) is 1. The largest absolute Gasteiger partial charge is 0.423 e. The molecule has 2 aromatic carbocycles. The Bertz CT molecular complexity index is 1750. The van der Waals surface area contributed by atoms with E-state index in [0.717, 1.165) is 96.6 Å². The Morgan fingerprint density at radius 1 is 0.953 bits per heavy atom. The van der Waals surface area contributed by atoms with Crippen LogP contribution in [0.4, 0.5) is 17.5 Å². The van der Waals surface area contributed by atoms with Crippen LogP contribution in [0.5, 0.6) is 0 Å². The minimum Gasteiger partial charge on any atom is -0.423 e. The SMILES string of the molecule is Cc1cc(C(C)(C)C)c2oc(Nc3ccc(-c4nn(C5CCC(N6CCOCC6)CC5)c5ncnc(N)c45)cc3)nc2c1. The molecule has 43 heavy (non-hydrogen) atoms. The van der Waals surface area contributed by atoms with Gasteiger partial charge in [-0.1, -0.05) is 39.0 Å². The molecule has 10 heteroatoms. The molecule has 7 rings (SSSR count).